The minimum atomic E-state index is 0.640. The van der Waals surface area contributed by atoms with Crippen molar-refractivity contribution in [3.8, 4) is 78.9 Å². The van der Waals surface area contributed by atoms with Crippen LogP contribution in [-0.2, 0) is 0 Å². The fourth-order valence-electron chi connectivity index (χ4n) is 7.29. The minimum Gasteiger partial charge on any atom is -0.248 e. The molecule has 0 unspecified atom stereocenters. The summed E-state index contributed by atoms with van der Waals surface area (Å²) in [6, 6.07) is 71.9. The van der Waals surface area contributed by atoms with Gasteiger partial charge in [0.2, 0.25) is 0 Å². The first-order valence-corrected chi connectivity index (χ1v) is 18.8. The Hall–Kier alpha value is -7.56. The van der Waals surface area contributed by atoms with Crippen molar-refractivity contribution in [2.45, 2.75) is 0 Å². The number of pyridine rings is 1. The third kappa shape index (κ3) is 6.61. The predicted molar refractivity (Wildman–Crippen MR) is 231 cm³/mol. The van der Waals surface area contributed by atoms with Crippen LogP contribution in [0, 0.1) is 0 Å². The molecule has 0 aliphatic rings. The van der Waals surface area contributed by atoms with Gasteiger partial charge in [0.05, 0.1) is 11.4 Å². The molecule has 0 atom stereocenters. The van der Waals surface area contributed by atoms with Crippen LogP contribution >= 0.6 is 0 Å². The molecule has 10 rings (SSSR count). The normalized spacial score (nSPS) is 11.2. The van der Waals surface area contributed by atoms with Crippen molar-refractivity contribution in [1.29, 1.82) is 0 Å². The lowest BCUT2D eigenvalue weighted by atomic mass is 9.96. The highest BCUT2D eigenvalue weighted by atomic mass is 15.0. The van der Waals surface area contributed by atoms with Crippen LogP contribution in [0.4, 0.5) is 0 Å². The molecular formula is C52H34N4. The van der Waals surface area contributed by atoms with E-state index in [1.165, 1.54) is 21.5 Å². The molecule has 4 heteroatoms. The lowest BCUT2D eigenvalue weighted by Gasteiger charge is -2.12. The van der Waals surface area contributed by atoms with Gasteiger partial charge in [0.1, 0.15) is 0 Å². The molecule has 0 saturated carbocycles. The molecule has 262 valence electrons. The second kappa shape index (κ2) is 14.3. The lowest BCUT2D eigenvalue weighted by Crippen LogP contribution is -2.00. The molecule has 8 aromatic carbocycles. The number of aromatic nitrogens is 4. The van der Waals surface area contributed by atoms with Gasteiger partial charge in [0.15, 0.2) is 17.5 Å². The van der Waals surface area contributed by atoms with Crippen LogP contribution < -0.4 is 0 Å². The highest BCUT2D eigenvalue weighted by molar-refractivity contribution is 5.90. The molecule has 2 aromatic heterocycles. The monoisotopic (exact) mass is 714 g/mol. The Bertz CT molecular complexity index is 2840. The van der Waals surface area contributed by atoms with Crippen LogP contribution in [0.5, 0.6) is 0 Å². The molecule has 0 aliphatic carbocycles. The maximum absolute atomic E-state index is 5.24. The quantitative estimate of drug-likeness (QED) is 0.165. The van der Waals surface area contributed by atoms with E-state index in [4.69, 9.17) is 19.9 Å². The van der Waals surface area contributed by atoms with E-state index in [1.807, 2.05) is 60.7 Å². The second-order valence-electron chi connectivity index (χ2n) is 13.9. The van der Waals surface area contributed by atoms with Crippen molar-refractivity contribution in [3.63, 3.8) is 0 Å². The van der Waals surface area contributed by atoms with E-state index in [1.54, 1.807) is 0 Å². The summed E-state index contributed by atoms with van der Waals surface area (Å²) in [6.07, 6.45) is 0. The van der Waals surface area contributed by atoms with Gasteiger partial charge in [-0.25, -0.2) is 19.9 Å². The topological polar surface area (TPSA) is 51.6 Å². The number of hydrogen-bond acceptors (Lipinski definition) is 4. The molecule has 4 nitrogen and oxygen atoms in total. The zero-order valence-corrected chi connectivity index (χ0v) is 30.4. The summed E-state index contributed by atoms with van der Waals surface area (Å²) in [6.45, 7) is 0. The van der Waals surface area contributed by atoms with E-state index in [-0.39, 0.29) is 0 Å². The number of hydrogen-bond donors (Lipinski definition) is 0. The van der Waals surface area contributed by atoms with E-state index in [0.29, 0.717) is 17.5 Å². The Morgan fingerprint density at radius 3 is 0.946 bits per heavy atom. The van der Waals surface area contributed by atoms with Crippen molar-refractivity contribution >= 4 is 21.5 Å². The molecule has 2 heterocycles. The number of benzene rings is 8. The second-order valence-corrected chi connectivity index (χ2v) is 13.9. The average Bonchev–Trinajstić information content (AvgIpc) is 3.29. The maximum atomic E-state index is 5.24. The highest BCUT2D eigenvalue weighted by Crippen LogP contribution is 2.34. The fraction of sp³-hybridized carbons (Fsp3) is 0. The van der Waals surface area contributed by atoms with Crippen LogP contribution in [0.1, 0.15) is 0 Å². The van der Waals surface area contributed by atoms with Gasteiger partial charge in [0, 0.05) is 27.8 Å². The highest BCUT2D eigenvalue weighted by Gasteiger charge is 2.14. The summed E-state index contributed by atoms with van der Waals surface area (Å²) in [5, 5.41) is 4.83. The molecule has 0 amide bonds. The summed E-state index contributed by atoms with van der Waals surface area (Å²) >= 11 is 0. The fourth-order valence-corrected chi connectivity index (χ4v) is 7.29. The van der Waals surface area contributed by atoms with Gasteiger partial charge in [0.25, 0.3) is 0 Å². The Kier molecular flexibility index (Phi) is 8.47. The van der Waals surface area contributed by atoms with Gasteiger partial charge < -0.3 is 0 Å². The van der Waals surface area contributed by atoms with Crippen molar-refractivity contribution in [3.05, 3.63) is 206 Å². The van der Waals surface area contributed by atoms with E-state index < -0.39 is 0 Å². The van der Waals surface area contributed by atoms with Crippen LogP contribution in [0.15, 0.2) is 206 Å². The van der Waals surface area contributed by atoms with Gasteiger partial charge in [-0.3, -0.25) is 0 Å². The minimum absolute atomic E-state index is 0.640. The summed E-state index contributed by atoms with van der Waals surface area (Å²) in [5.74, 6) is 1.94. The van der Waals surface area contributed by atoms with Crippen molar-refractivity contribution in [1.82, 2.24) is 19.9 Å². The summed E-state index contributed by atoms with van der Waals surface area (Å²) < 4.78 is 0. The number of fused-ring (bicyclic) bond motifs is 2. The third-order valence-corrected chi connectivity index (χ3v) is 10.3. The first-order chi connectivity index (χ1) is 27.7. The molecule has 0 radical (unpaired) electrons. The first-order valence-electron chi connectivity index (χ1n) is 18.8. The molecule has 0 spiro atoms. The maximum Gasteiger partial charge on any atom is 0.164 e. The summed E-state index contributed by atoms with van der Waals surface area (Å²) in [4.78, 5) is 19.9. The van der Waals surface area contributed by atoms with Crippen molar-refractivity contribution in [2.24, 2.45) is 0 Å². The Morgan fingerprint density at radius 2 is 0.518 bits per heavy atom. The molecule has 56 heavy (non-hydrogen) atoms. The Labute approximate surface area is 325 Å². The van der Waals surface area contributed by atoms with Crippen LogP contribution in [0.25, 0.3) is 100 Å². The van der Waals surface area contributed by atoms with Gasteiger partial charge in [-0.15, -0.1) is 0 Å². The molecule has 0 bridgehead atoms. The van der Waals surface area contributed by atoms with E-state index in [9.17, 15) is 0 Å². The van der Waals surface area contributed by atoms with Gasteiger partial charge in [-0.2, -0.15) is 0 Å². The van der Waals surface area contributed by atoms with E-state index in [2.05, 4.69) is 146 Å². The lowest BCUT2D eigenvalue weighted by molar-refractivity contribution is 1.07. The zero-order chi connectivity index (χ0) is 37.3. The standard InChI is InChI=1S/C52H34N4/c1-3-13-40(14-4-1)50-54-51(41-15-5-2-6-16-41)56-52(55-50)42-27-23-38(24-28-42)37-19-21-39(22-20-37)47-33-48(45-29-25-35-11-7-9-17-43(35)31-45)53-49(34-47)46-30-26-36-12-8-10-18-44(36)32-46/h1-34H. The molecule has 0 fully saturated rings. The molecular weight excluding hydrogens is 681 g/mol. The largest absolute Gasteiger partial charge is 0.248 e. The van der Waals surface area contributed by atoms with Gasteiger partial charge in [-0.1, -0.05) is 182 Å². The number of rotatable bonds is 7. The van der Waals surface area contributed by atoms with Crippen LogP contribution in [-0.4, -0.2) is 19.9 Å². The summed E-state index contributed by atoms with van der Waals surface area (Å²) in [7, 11) is 0. The van der Waals surface area contributed by atoms with E-state index >= 15 is 0 Å². The zero-order valence-electron chi connectivity index (χ0n) is 30.4. The SMILES string of the molecule is c1ccc(-c2nc(-c3ccccc3)nc(-c3ccc(-c4ccc(-c5cc(-c6ccc7ccccc7c6)nc(-c6ccc7ccccc7c6)c5)cc4)cc3)n2)cc1. The smallest absolute Gasteiger partial charge is 0.164 e. The molecule has 0 saturated heterocycles. The first kappa shape index (κ1) is 33.0. The van der Waals surface area contributed by atoms with Crippen LogP contribution in [0.2, 0.25) is 0 Å². The average molecular weight is 715 g/mol. The Balaban J connectivity index is 0.994. The predicted octanol–water partition coefficient (Wildman–Crippen LogP) is 13.2. The van der Waals surface area contributed by atoms with Gasteiger partial charge >= 0.3 is 0 Å². The molecule has 0 aliphatic heterocycles. The summed E-state index contributed by atoms with van der Waals surface area (Å²) in [5.41, 5.74) is 11.4. The van der Waals surface area contributed by atoms with Crippen molar-refractivity contribution < 1.29 is 0 Å². The van der Waals surface area contributed by atoms with E-state index in [0.717, 1.165) is 61.5 Å². The molecule has 0 N–H and O–H groups in total. The third-order valence-electron chi connectivity index (χ3n) is 10.3. The Morgan fingerprint density at radius 1 is 0.196 bits per heavy atom. The number of nitrogens with zero attached hydrogens (tertiary/aromatic N) is 4. The van der Waals surface area contributed by atoms with Crippen LogP contribution in [0.3, 0.4) is 0 Å². The van der Waals surface area contributed by atoms with Crippen molar-refractivity contribution in [2.75, 3.05) is 0 Å². The molecule has 10 aromatic rings. The van der Waals surface area contributed by atoms with Gasteiger partial charge in [-0.05, 0) is 68.1 Å².